The van der Waals surface area contributed by atoms with Crippen molar-refractivity contribution in [3.05, 3.63) is 83.3 Å². The van der Waals surface area contributed by atoms with Crippen LogP contribution in [0.15, 0.2) is 77.4 Å². The van der Waals surface area contributed by atoms with E-state index in [-0.39, 0.29) is 6.92 Å². The molecule has 0 saturated carbocycles. The van der Waals surface area contributed by atoms with E-state index in [4.69, 9.17) is 16.3 Å². The van der Waals surface area contributed by atoms with Gasteiger partial charge >= 0.3 is 6.18 Å². The number of benzene rings is 2. The number of hydrogen-bond donors (Lipinski definition) is 0. The number of pyridine rings is 1. The number of alkyl halides is 3. The quantitative estimate of drug-likeness (QED) is 0.165. The fourth-order valence-corrected chi connectivity index (χ4v) is 3.51. The minimum absolute atomic E-state index is 0.188. The van der Waals surface area contributed by atoms with Crippen LogP contribution in [0.3, 0.4) is 0 Å². The minimum Gasteiger partial charge on any atom is -0.496 e. The fourth-order valence-electron chi connectivity index (χ4n) is 3.39. The summed E-state index contributed by atoms with van der Waals surface area (Å²) in [4.78, 5) is 3.73. The Morgan fingerprint density at radius 2 is 1.58 bits per heavy atom. The topological polar surface area (TPSA) is 51.8 Å². The third kappa shape index (κ3) is 14.9. The summed E-state index contributed by atoms with van der Waals surface area (Å²) in [6, 6.07) is 17.8. The fraction of sp³-hybridized carbons (Fsp3) is 0.382. The third-order valence-corrected chi connectivity index (χ3v) is 5.93. The van der Waals surface area contributed by atoms with Crippen molar-refractivity contribution in [1.29, 1.82) is 0 Å². The second-order valence-corrected chi connectivity index (χ2v) is 9.34. The number of hydrogen-bond acceptors (Lipinski definition) is 4. The molecule has 236 valence electrons. The van der Waals surface area contributed by atoms with Crippen LogP contribution in [-0.4, -0.2) is 41.1 Å². The molecule has 5 nitrogen and oxygen atoms in total. The van der Waals surface area contributed by atoms with Crippen LogP contribution in [0.5, 0.6) is 5.75 Å². The Morgan fingerprint density at radius 1 is 1.00 bits per heavy atom. The number of nitrogens with zero attached hydrogens (tertiary/aromatic N) is 4. The first-order valence-electron chi connectivity index (χ1n) is 14.2. The second kappa shape index (κ2) is 21.1. The van der Waals surface area contributed by atoms with Crippen molar-refractivity contribution < 1.29 is 17.9 Å². The van der Waals surface area contributed by atoms with Gasteiger partial charge in [0, 0.05) is 36.3 Å². The van der Waals surface area contributed by atoms with E-state index in [2.05, 4.69) is 61.2 Å². The lowest BCUT2D eigenvalue weighted by Gasteiger charge is -2.14. The highest BCUT2D eigenvalue weighted by molar-refractivity contribution is 6.30. The van der Waals surface area contributed by atoms with Crippen LogP contribution in [0.25, 0.3) is 27.9 Å². The van der Waals surface area contributed by atoms with Crippen LogP contribution in [0.4, 0.5) is 13.2 Å². The van der Waals surface area contributed by atoms with E-state index in [1.165, 1.54) is 12.0 Å². The number of aromatic nitrogens is 3. The van der Waals surface area contributed by atoms with Crippen molar-refractivity contribution >= 4 is 23.5 Å². The maximum atomic E-state index is 10.4. The average molecular weight is 619 g/mol. The van der Waals surface area contributed by atoms with Crippen LogP contribution < -0.4 is 4.74 Å². The van der Waals surface area contributed by atoms with E-state index in [0.29, 0.717) is 5.02 Å². The van der Waals surface area contributed by atoms with Crippen molar-refractivity contribution in [1.82, 2.24) is 14.6 Å². The Labute approximate surface area is 260 Å². The first kappa shape index (κ1) is 39.4. The number of ether oxygens (including phenoxy) is 1. The molecule has 0 bridgehead atoms. The Bertz CT molecular complexity index is 1390. The minimum atomic E-state index is -4.00. The van der Waals surface area contributed by atoms with Crippen LogP contribution in [-0.2, 0) is 0 Å². The summed E-state index contributed by atoms with van der Waals surface area (Å²) >= 11 is 6.06. The van der Waals surface area contributed by atoms with Crippen LogP contribution in [0.1, 0.15) is 67.1 Å². The summed E-state index contributed by atoms with van der Waals surface area (Å²) in [7, 11) is 3.47. The molecular weight excluding hydrogens is 573 g/mol. The number of allylic oxidation sites excluding steroid dienone is 2. The van der Waals surface area contributed by atoms with Crippen LogP contribution in [0.2, 0.25) is 5.02 Å². The lowest BCUT2D eigenvalue weighted by atomic mass is 9.95. The van der Waals surface area contributed by atoms with E-state index >= 15 is 0 Å². The van der Waals surface area contributed by atoms with Gasteiger partial charge in [0.15, 0.2) is 5.65 Å². The van der Waals surface area contributed by atoms with Crippen LogP contribution in [0, 0.1) is 6.92 Å². The number of aryl methyl sites for hydroxylation is 1. The summed E-state index contributed by atoms with van der Waals surface area (Å²) < 4.78 is 38.6. The van der Waals surface area contributed by atoms with E-state index in [1.54, 1.807) is 14.2 Å². The molecule has 0 atom stereocenters. The molecule has 9 heteroatoms. The summed E-state index contributed by atoms with van der Waals surface area (Å²) in [5.41, 5.74) is 6.46. The normalized spacial score (nSPS) is 10.8. The molecule has 0 aliphatic rings. The first-order chi connectivity index (χ1) is 20.4. The summed E-state index contributed by atoms with van der Waals surface area (Å²) in [5.74, 6) is 1.66. The van der Waals surface area contributed by atoms with Crippen molar-refractivity contribution in [3.8, 4) is 28.0 Å². The standard InChI is InChI=1S/C20H16ClN3O.C6H12.C4H9N.C2H3F3.C2H6/c1-13-22-23-20-11-17(14-7-9-15(21)10-8-14)18(12-24(13)20)16-5-3-4-6-19(16)25-2;1-4-6(3)5-2;1-3-4-5-2;1-2(3,4)5;1-2/h3-12H,1-2H3;4H,5H2,1-3H3;4H,3H2,1-2H3;1H3;1-2H3/b;6-4+;;;. The molecule has 0 amide bonds. The molecule has 0 spiro atoms. The van der Waals surface area contributed by atoms with E-state index in [0.717, 1.165) is 45.9 Å². The Kier molecular flexibility index (Phi) is 19.3. The molecule has 0 aliphatic carbocycles. The zero-order valence-corrected chi connectivity index (χ0v) is 27.8. The zero-order valence-electron chi connectivity index (χ0n) is 27.1. The molecular formula is C34H46ClF3N4O. The maximum Gasteiger partial charge on any atom is 0.386 e. The van der Waals surface area contributed by atoms with Crippen molar-refractivity contribution in [2.45, 2.75) is 74.4 Å². The van der Waals surface area contributed by atoms with E-state index in [1.807, 2.05) is 79.9 Å². The van der Waals surface area contributed by atoms with Gasteiger partial charge in [0.25, 0.3) is 0 Å². The van der Waals surface area contributed by atoms with Gasteiger partial charge in [-0.2, -0.15) is 13.2 Å². The zero-order chi connectivity index (χ0) is 33.0. The van der Waals surface area contributed by atoms with E-state index < -0.39 is 6.18 Å². The Balaban J connectivity index is 0.000000809. The van der Waals surface area contributed by atoms with Crippen molar-refractivity contribution in [3.63, 3.8) is 0 Å². The SMILES string of the molecule is C/C=C(\C)CC.CC.CC(F)(F)F.CCC=NC.COc1ccccc1-c1cn2c(C)nnc2cc1-c1ccc(Cl)cc1. The van der Waals surface area contributed by atoms with Gasteiger partial charge in [-0.05, 0) is 75.2 Å². The predicted molar refractivity (Wildman–Crippen MR) is 178 cm³/mol. The van der Waals surface area contributed by atoms with Crippen LogP contribution >= 0.6 is 11.6 Å². The summed E-state index contributed by atoms with van der Waals surface area (Å²) in [6.45, 7) is 14.6. The number of fused-ring (bicyclic) bond motifs is 1. The molecule has 0 fully saturated rings. The predicted octanol–water partition coefficient (Wildman–Crippen LogP) is 11.1. The molecule has 0 aliphatic heterocycles. The molecule has 4 rings (SSSR count). The summed E-state index contributed by atoms with van der Waals surface area (Å²) in [6.07, 6.45) is 4.32. The number of halogens is 4. The molecule has 43 heavy (non-hydrogen) atoms. The van der Waals surface area contributed by atoms with Gasteiger partial charge in [-0.15, -0.1) is 10.2 Å². The van der Waals surface area contributed by atoms with Gasteiger partial charge < -0.3 is 9.73 Å². The highest BCUT2D eigenvalue weighted by atomic mass is 35.5. The van der Waals surface area contributed by atoms with Gasteiger partial charge in [-0.3, -0.25) is 4.40 Å². The molecule has 0 unspecified atom stereocenters. The molecule has 0 saturated heterocycles. The largest absolute Gasteiger partial charge is 0.496 e. The number of para-hydroxylation sites is 1. The van der Waals surface area contributed by atoms with Gasteiger partial charge in [0.1, 0.15) is 11.6 Å². The maximum absolute atomic E-state index is 10.4. The first-order valence-corrected chi connectivity index (χ1v) is 14.6. The smallest absolute Gasteiger partial charge is 0.386 e. The van der Waals surface area contributed by atoms with Crippen molar-refractivity contribution in [2.24, 2.45) is 4.99 Å². The molecule has 2 aromatic heterocycles. The van der Waals surface area contributed by atoms with Crippen molar-refractivity contribution in [2.75, 3.05) is 14.2 Å². The number of methoxy groups -OCH3 is 1. The third-order valence-electron chi connectivity index (χ3n) is 5.68. The van der Waals surface area contributed by atoms with Gasteiger partial charge in [0.05, 0.1) is 7.11 Å². The Hall–Kier alpha value is -3.65. The Morgan fingerprint density at radius 3 is 2.02 bits per heavy atom. The highest BCUT2D eigenvalue weighted by Crippen LogP contribution is 2.38. The number of aliphatic imine (C=N–C) groups is 1. The highest BCUT2D eigenvalue weighted by Gasteiger charge is 2.16. The lowest BCUT2D eigenvalue weighted by molar-refractivity contribution is -0.110. The van der Waals surface area contributed by atoms with Gasteiger partial charge in [-0.25, -0.2) is 0 Å². The number of rotatable bonds is 5. The second-order valence-electron chi connectivity index (χ2n) is 8.90. The molecule has 2 aromatic carbocycles. The monoisotopic (exact) mass is 618 g/mol. The molecule has 0 radical (unpaired) electrons. The molecule has 0 N–H and O–H groups in total. The molecule has 2 heterocycles. The van der Waals surface area contributed by atoms with E-state index in [9.17, 15) is 13.2 Å². The summed E-state index contributed by atoms with van der Waals surface area (Å²) in [5, 5.41) is 9.15. The van der Waals surface area contributed by atoms with Gasteiger partial charge in [-0.1, -0.05) is 81.3 Å². The average Bonchev–Trinajstić information content (AvgIpc) is 3.37. The lowest BCUT2D eigenvalue weighted by Crippen LogP contribution is -1.95. The van der Waals surface area contributed by atoms with Gasteiger partial charge in [0.2, 0.25) is 0 Å². The molecule has 4 aromatic rings.